The summed E-state index contributed by atoms with van der Waals surface area (Å²) in [6.45, 7) is 4.39. The van der Waals surface area contributed by atoms with Crippen LogP contribution in [0.4, 0.5) is 4.39 Å². The van der Waals surface area contributed by atoms with Gasteiger partial charge in [-0.1, -0.05) is 30.3 Å². The fourth-order valence-corrected chi connectivity index (χ4v) is 4.19. The average molecular weight is 353 g/mol. The van der Waals surface area contributed by atoms with E-state index in [0.717, 1.165) is 42.7 Å². The Kier molecular flexibility index (Phi) is 4.85. The van der Waals surface area contributed by atoms with Crippen molar-refractivity contribution in [2.75, 3.05) is 13.1 Å². The van der Waals surface area contributed by atoms with Gasteiger partial charge >= 0.3 is 0 Å². The molecule has 2 fully saturated rings. The number of hydrazine groups is 1. The van der Waals surface area contributed by atoms with Gasteiger partial charge in [0, 0.05) is 37.2 Å². The molecule has 5 heteroatoms. The summed E-state index contributed by atoms with van der Waals surface area (Å²) in [7, 11) is 0. The summed E-state index contributed by atoms with van der Waals surface area (Å²) in [5, 5.41) is 0. The number of nitrogens with zero attached hydrogens (tertiary/aromatic N) is 1. The van der Waals surface area contributed by atoms with E-state index < -0.39 is 0 Å². The van der Waals surface area contributed by atoms with Crippen molar-refractivity contribution >= 4 is 5.78 Å². The Bertz CT molecular complexity index is 809. The molecular weight excluding hydrogens is 329 g/mol. The van der Waals surface area contributed by atoms with Crippen molar-refractivity contribution in [3.63, 3.8) is 0 Å². The van der Waals surface area contributed by atoms with E-state index >= 15 is 0 Å². The second-order valence-corrected chi connectivity index (χ2v) is 7.37. The number of halogens is 1. The Labute approximate surface area is 153 Å². The van der Waals surface area contributed by atoms with Gasteiger partial charge in [-0.05, 0) is 42.7 Å². The standard InChI is InChI=1S/C21H24FN3O/c1-14(26)16-5-2-4-15(10-16)12-25-9-8-20-19(13-25)21(24-23-20)17-6-3-7-18(22)11-17/h2-7,10-11,19-21,23-24H,8-9,12-13H2,1H3. The number of nitrogens with one attached hydrogen (secondary N) is 2. The molecule has 2 N–H and O–H groups in total. The molecule has 2 aromatic carbocycles. The van der Waals surface area contributed by atoms with Crippen LogP contribution in [0.15, 0.2) is 48.5 Å². The maximum absolute atomic E-state index is 13.6. The van der Waals surface area contributed by atoms with Gasteiger partial charge in [-0.2, -0.15) is 0 Å². The van der Waals surface area contributed by atoms with Gasteiger partial charge in [-0.25, -0.2) is 9.82 Å². The third kappa shape index (κ3) is 3.56. The zero-order chi connectivity index (χ0) is 18.1. The first kappa shape index (κ1) is 17.3. The van der Waals surface area contributed by atoms with Crippen LogP contribution >= 0.6 is 0 Å². The van der Waals surface area contributed by atoms with E-state index in [4.69, 9.17) is 0 Å². The SMILES string of the molecule is CC(=O)c1cccc(CN2CCC3NNC(c4cccc(F)c4)C3C2)c1. The number of carbonyl (C=O) groups is 1. The van der Waals surface area contributed by atoms with Crippen molar-refractivity contribution < 1.29 is 9.18 Å². The molecule has 0 bridgehead atoms. The molecule has 2 heterocycles. The monoisotopic (exact) mass is 353 g/mol. The molecule has 2 aliphatic rings. The Morgan fingerprint density at radius 3 is 2.85 bits per heavy atom. The molecule has 2 aromatic rings. The minimum atomic E-state index is -0.193. The van der Waals surface area contributed by atoms with Crippen LogP contribution in [0.1, 0.15) is 40.9 Å². The normalized spacial score (nSPS) is 25.8. The minimum Gasteiger partial charge on any atom is -0.299 e. The van der Waals surface area contributed by atoms with Gasteiger partial charge < -0.3 is 0 Å². The number of fused-ring (bicyclic) bond motifs is 1. The molecule has 4 rings (SSSR count). The van der Waals surface area contributed by atoms with Gasteiger partial charge in [0.25, 0.3) is 0 Å². The summed E-state index contributed by atoms with van der Waals surface area (Å²) >= 11 is 0. The van der Waals surface area contributed by atoms with Gasteiger partial charge in [0.1, 0.15) is 5.82 Å². The van der Waals surface area contributed by atoms with Crippen molar-refractivity contribution in [1.82, 2.24) is 15.8 Å². The van der Waals surface area contributed by atoms with Crippen molar-refractivity contribution in [2.24, 2.45) is 5.92 Å². The van der Waals surface area contributed by atoms with Crippen LogP contribution in [0.3, 0.4) is 0 Å². The summed E-state index contributed by atoms with van der Waals surface area (Å²) in [5.74, 6) is 0.295. The molecule has 0 radical (unpaired) electrons. The number of hydrogen-bond acceptors (Lipinski definition) is 4. The van der Waals surface area contributed by atoms with Crippen LogP contribution in [0.25, 0.3) is 0 Å². The molecule has 26 heavy (non-hydrogen) atoms. The fourth-order valence-electron chi connectivity index (χ4n) is 4.19. The molecule has 2 saturated heterocycles. The van der Waals surface area contributed by atoms with Crippen LogP contribution < -0.4 is 10.9 Å². The third-order valence-electron chi connectivity index (χ3n) is 5.54. The molecule has 3 atom stereocenters. The highest BCUT2D eigenvalue weighted by Crippen LogP contribution is 2.34. The zero-order valence-corrected chi connectivity index (χ0v) is 14.9. The predicted molar refractivity (Wildman–Crippen MR) is 99.0 cm³/mol. The largest absolute Gasteiger partial charge is 0.299 e. The third-order valence-corrected chi connectivity index (χ3v) is 5.54. The van der Waals surface area contributed by atoms with E-state index in [2.05, 4.69) is 21.8 Å². The zero-order valence-electron chi connectivity index (χ0n) is 14.9. The summed E-state index contributed by atoms with van der Waals surface area (Å²) < 4.78 is 13.6. The van der Waals surface area contributed by atoms with Crippen molar-refractivity contribution in [1.29, 1.82) is 0 Å². The van der Waals surface area contributed by atoms with Crippen molar-refractivity contribution in [3.8, 4) is 0 Å². The lowest BCUT2D eigenvalue weighted by Crippen LogP contribution is -2.45. The topological polar surface area (TPSA) is 44.4 Å². The van der Waals surface area contributed by atoms with Crippen molar-refractivity contribution in [3.05, 3.63) is 71.0 Å². The summed E-state index contributed by atoms with van der Waals surface area (Å²) in [4.78, 5) is 14.0. The molecule has 4 nitrogen and oxygen atoms in total. The van der Waals surface area contributed by atoms with Crippen molar-refractivity contribution in [2.45, 2.75) is 32.0 Å². The number of hydrogen-bond donors (Lipinski definition) is 2. The molecule has 0 aliphatic carbocycles. The second kappa shape index (κ2) is 7.27. The lowest BCUT2D eigenvalue weighted by atomic mass is 9.85. The van der Waals surface area contributed by atoms with Gasteiger partial charge in [-0.3, -0.25) is 15.1 Å². The molecular formula is C21H24FN3O. The van der Waals surface area contributed by atoms with Gasteiger partial charge in [0.05, 0.1) is 6.04 Å². The summed E-state index contributed by atoms with van der Waals surface area (Å²) in [6, 6.07) is 15.3. The Hall–Kier alpha value is -2.08. The van der Waals surface area contributed by atoms with E-state index in [9.17, 15) is 9.18 Å². The maximum Gasteiger partial charge on any atom is 0.159 e. The van der Waals surface area contributed by atoms with E-state index in [1.165, 1.54) is 6.07 Å². The van der Waals surface area contributed by atoms with E-state index in [1.54, 1.807) is 19.1 Å². The Morgan fingerprint density at radius 1 is 1.19 bits per heavy atom. The number of carbonyl (C=O) groups excluding carboxylic acids is 1. The van der Waals surface area contributed by atoms with Gasteiger partial charge in [-0.15, -0.1) is 0 Å². The number of benzene rings is 2. The smallest absolute Gasteiger partial charge is 0.159 e. The lowest BCUT2D eigenvalue weighted by molar-refractivity contribution is 0.101. The first-order valence-electron chi connectivity index (χ1n) is 9.19. The van der Waals surface area contributed by atoms with E-state index in [-0.39, 0.29) is 17.6 Å². The molecule has 136 valence electrons. The predicted octanol–water partition coefficient (Wildman–Crippen LogP) is 3.07. The first-order valence-corrected chi connectivity index (χ1v) is 9.19. The Morgan fingerprint density at radius 2 is 2.04 bits per heavy atom. The number of Topliss-reactive ketones (excluding diaryl/α,β-unsaturated/α-hetero) is 1. The molecule has 0 saturated carbocycles. The van der Waals surface area contributed by atoms with E-state index in [1.807, 2.05) is 24.3 Å². The minimum absolute atomic E-state index is 0.0981. The molecule has 3 unspecified atom stereocenters. The Balaban J connectivity index is 1.48. The van der Waals surface area contributed by atoms with Crippen LogP contribution in [-0.4, -0.2) is 29.8 Å². The maximum atomic E-state index is 13.6. The number of likely N-dealkylation sites (tertiary alicyclic amines) is 1. The lowest BCUT2D eigenvalue weighted by Gasteiger charge is -2.36. The first-order chi connectivity index (χ1) is 12.6. The van der Waals surface area contributed by atoms with Gasteiger partial charge in [0.2, 0.25) is 0 Å². The molecule has 0 spiro atoms. The van der Waals surface area contributed by atoms with Crippen LogP contribution in [0.5, 0.6) is 0 Å². The highest BCUT2D eigenvalue weighted by Gasteiger charge is 2.40. The number of ketones is 1. The van der Waals surface area contributed by atoms with E-state index in [0.29, 0.717) is 12.0 Å². The average Bonchev–Trinajstić information content (AvgIpc) is 3.05. The summed E-state index contributed by atoms with van der Waals surface area (Å²) in [6.07, 6.45) is 1.05. The molecule has 2 aliphatic heterocycles. The van der Waals surface area contributed by atoms with Crippen LogP contribution in [0, 0.1) is 11.7 Å². The van der Waals surface area contributed by atoms with Gasteiger partial charge in [0.15, 0.2) is 5.78 Å². The summed E-state index contributed by atoms with van der Waals surface area (Å²) in [5.41, 5.74) is 9.67. The quantitative estimate of drug-likeness (QED) is 0.829. The fraction of sp³-hybridized carbons (Fsp3) is 0.381. The van der Waals surface area contributed by atoms with Crippen LogP contribution in [-0.2, 0) is 6.54 Å². The number of rotatable bonds is 4. The highest BCUT2D eigenvalue weighted by molar-refractivity contribution is 5.94. The second-order valence-electron chi connectivity index (χ2n) is 7.37. The molecule has 0 amide bonds. The molecule has 0 aromatic heterocycles. The van der Waals surface area contributed by atoms with Crippen LogP contribution in [0.2, 0.25) is 0 Å². The highest BCUT2D eigenvalue weighted by atomic mass is 19.1. The number of piperidine rings is 1.